The number of sulfone groups is 1. The average molecular weight is 356 g/mol. The van der Waals surface area contributed by atoms with Gasteiger partial charge in [0.25, 0.3) is 0 Å². The van der Waals surface area contributed by atoms with E-state index in [1.165, 1.54) is 38.4 Å². The van der Waals surface area contributed by atoms with Gasteiger partial charge in [0.2, 0.25) is 15.0 Å². The van der Waals surface area contributed by atoms with Gasteiger partial charge in [0.1, 0.15) is 0 Å². The maximum Gasteiger partial charge on any atom is 0.227 e. The summed E-state index contributed by atoms with van der Waals surface area (Å²) in [4.78, 5) is 6.58. The predicted molar refractivity (Wildman–Crippen MR) is 92.7 cm³/mol. The van der Waals surface area contributed by atoms with Crippen molar-refractivity contribution in [2.75, 3.05) is 19.9 Å². The van der Waals surface area contributed by atoms with Crippen LogP contribution in [0.1, 0.15) is 50.6 Å². The van der Waals surface area contributed by atoms with Crippen molar-refractivity contribution in [3.8, 4) is 0 Å². The summed E-state index contributed by atoms with van der Waals surface area (Å²) in [6.45, 7) is 2.08. The summed E-state index contributed by atoms with van der Waals surface area (Å²) in [5.74, 6) is 0. The third kappa shape index (κ3) is 4.18. The summed E-state index contributed by atoms with van der Waals surface area (Å²) in [5, 5.41) is 0.171. The molecule has 136 valence electrons. The van der Waals surface area contributed by atoms with Crippen LogP contribution in [0.2, 0.25) is 0 Å². The Labute approximate surface area is 145 Å². The lowest BCUT2D eigenvalue weighted by molar-refractivity contribution is 0.0927. The molecular weight excluding hydrogens is 326 g/mol. The zero-order valence-electron chi connectivity index (χ0n) is 14.8. The predicted octanol–water partition coefficient (Wildman–Crippen LogP) is 2.23. The highest BCUT2D eigenvalue weighted by molar-refractivity contribution is 7.90. The molecule has 1 aliphatic heterocycles. The first-order valence-corrected chi connectivity index (χ1v) is 10.9. The molecule has 1 aromatic heterocycles. The summed E-state index contributed by atoms with van der Waals surface area (Å²) >= 11 is 0. The van der Waals surface area contributed by atoms with Crippen molar-refractivity contribution >= 4 is 9.84 Å². The molecular formula is C17H29N3O3S. The first-order valence-electron chi connectivity index (χ1n) is 9.01. The van der Waals surface area contributed by atoms with Crippen LogP contribution in [-0.4, -0.2) is 54.9 Å². The molecule has 7 heteroatoms. The van der Waals surface area contributed by atoms with E-state index in [-0.39, 0.29) is 11.3 Å². The smallest absolute Gasteiger partial charge is 0.227 e. The van der Waals surface area contributed by atoms with Crippen LogP contribution in [0.25, 0.3) is 0 Å². The molecule has 0 bridgehead atoms. The van der Waals surface area contributed by atoms with Crippen LogP contribution in [-0.2, 0) is 27.7 Å². The molecule has 0 radical (unpaired) electrons. The Bertz CT molecular complexity index is 644. The van der Waals surface area contributed by atoms with Gasteiger partial charge in [-0.3, -0.25) is 4.90 Å². The lowest BCUT2D eigenvalue weighted by atomic mass is 9.94. The summed E-state index contributed by atoms with van der Waals surface area (Å²) in [6, 6.07) is 0.589. The molecule has 0 N–H and O–H groups in total. The third-order valence-corrected chi connectivity index (χ3v) is 6.24. The van der Waals surface area contributed by atoms with E-state index in [0.29, 0.717) is 12.6 Å². The van der Waals surface area contributed by atoms with Crippen LogP contribution in [0.4, 0.5) is 0 Å². The monoisotopic (exact) mass is 355 g/mol. The number of aromatic nitrogens is 2. The van der Waals surface area contributed by atoms with Crippen molar-refractivity contribution in [1.29, 1.82) is 0 Å². The van der Waals surface area contributed by atoms with Crippen molar-refractivity contribution in [3.05, 3.63) is 11.9 Å². The fourth-order valence-corrected chi connectivity index (χ4v) is 4.74. The Balaban J connectivity index is 1.79. The van der Waals surface area contributed by atoms with Gasteiger partial charge in [-0.15, -0.1) is 0 Å². The minimum atomic E-state index is -3.34. The van der Waals surface area contributed by atoms with Crippen LogP contribution in [0, 0.1) is 0 Å². The Morgan fingerprint density at radius 3 is 2.62 bits per heavy atom. The topological polar surface area (TPSA) is 64.4 Å². The summed E-state index contributed by atoms with van der Waals surface area (Å²) < 4.78 is 31.8. The Hall–Kier alpha value is -0.920. The number of rotatable bonds is 6. The summed E-state index contributed by atoms with van der Waals surface area (Å²) in [7, 11) is -1.20. The molecule has 2 heterocycles. The Morgan fingerprint density at radius 2 is 2.00 bits per heavy atom. The van der Waals surface area contributed by atoms with Gasteiger partial charge in [-0.2, -0.15) is 0 Å². The number of hydrogen-bond donors (Lipinski definition) is 0. The molecule has 2 aliphatic rings. The van der Waals surface area contributed by atoms with E-state index in [1.807, 2.05) is 4.57 Å². The van der Waals surface area contributed by atoms with Crippen LogP contribution in [0.15, 0.2) is 11.4 Å². The molecule has 0 aromatic carbocycles. The van der Waals surface area contributed by atoms with Crippen LogP contribution in [0.3, 0.4) is 0 Å². The number of ether oxygens (including phenoxy) is 1. The number of nitrogens with zero attached hydrogens (tertiary/aromatic N) is 3. The Morgan fingerprint density at radius 1 is 1.25 bits per heavy atom. The number of hydrogen-bond acceptors (Lipinski definition) is 5. The van der Waals surface area contributed by atoms with Crippen molar-refractivity contribution in [2.24, 2.45) is 0 Å². The minimum Gasteiger partial charge on any atom is -0.376 e. The Kier molecular flexibility index (Phi) is 5.62. The van der Waals surface area contributed by atoms with Gasteiger partial charge in [0, 0.05) is 25.4 Å². The van der Waals surface area contributed by atoms with Gasteiger partial charge in [-0.25, -0.2) is 13.4 Å². The highest BCUT2D eigenvalue weighted by Crippen LogP contribution is 2.24. The van der Waals surface area contributed by atoms with Crippen LogP contribution >= 0.6 is 0 Å². The second kappa shape index (κ2) is 7.54. The first-order chi connectivity index (χ1) is 11.4. The van der Waals surface area contributed by atoms with Crippen molar-refractivity contribution in [2.45, 2.75) is 75.3 Å². The molecule has 1 unspecified atom stereocenters. The van der Waals surface area contributed by atoms with E-state index in [0.717, 1.165) is 31.7 Å². The normalized spacial score (nSPS) is 23.2. The zero-order valence-corrected chi connectivity index (χ0v) is 15.6. The largest absolute Gasteiger partial charge is 0.376 e. The third-order valence-electron chi connectivity index (χ3n) is 5.25. The van der Waals surface area contributed by atoms with Gasteiger partial charge < -0.3 is 9.30 Å². The molecule has 0 amide bonds. The minimum absolute atomic E-state index is 0.0958. The second-order valence-corrected chi connectivity index (χ2v) is 9.17. The molecule has 1 atom stereocenters. The zero-order chi connectivity index (χ0) is 17.2. The van der Waals surface area contributed by atoms with Crippen molar-refractivity contribution in [3.63, 3.8) is 0 Å². The van der Waals surface area contributed by atoms with E-state index < -0.39 is 9.84 Å². The summed E-state index contributed by atoms with van der Waals surface area (Å²) in [6.07, 6.45) is 11.5. The fourth-order valence-electron chi connectivity index (χ4n) is 3.91. The standard InChI is InChI=1S/C17H29N3O3S/c1-19(14-7-4-3-5-8-14)12-15-11-18-17(24(2,21)22)20(15)13-16-9-6-10-23-16/h11,14,16H,3-10,12-13H2,1-2H3. The quantitative estimate of drug-likeness (QED) is 0.783. The molecule has 1 aliphatic carbocycles. The maximum absolute atomic E-state index is 12.1. The lowest BCUT2D eigenvalue weighted by Crippen LogP contribution is -2.34. The molecule has 2 fully saturated rings. The average Bonchev–Trinajstić information content (AvgIpc) is 3.19. The van der Waals surface area contributed by atoms with Gasteiger partial charge in [-0.05, 0) is 32.7 Å². The summed E-state index contributed by atoms with van der Waals surface area (Å²) in [5.41, 5.74) is 0.971. The van der Waals surface area contributed by atoms with E-state index in [2.05, 4.69) is 16.9 Å². The van der Waals surface area contributed by atoms with Crippen molar-refractivity contribution in [1.82, 2.24) is 14.5 Å². The van der Waals surface area contributed by atoms with Crippen LogP contribution in [0.5, 0.6) is 0 Å². The molecule has 6 nitrogen and oxygen atoms in total. The molecule has 3 rings (SSSR count). The van der Waals surface area contributed by atoms with Gasteiger partial charge >= 0.3 is 0 Å². The van der Waals surface area contributed by atoms with Crippen LogP contribution < -0.4 is 0 Å². The van der Waals surface area contributed by atoms with Gasteiger partial charge in [0.15, 0.2) is 0 Å². The highest BCUT2D eigenvalue weighted by atomic mass is 32.2. The molecule has 0 spiro atoms. The second-order valence-electron chi connectivity index (χ2n) is 7.26. The molecule has 24 heavy (non-hydrogen) atoms. The fraction of sp³-hybridized carbons (Fsp3) is 0.824. The van der Waals surface area contributed by atoms with E-state index >= 15 is 0 Å². The van der Waals surface area contributed by atoms with E-state index in [1.54, 1.807) is 6.20 Å². The molecule has 1 aromatic rings. The molecule has 1 saturated heterocycles. The SMILES string of the molecule is CN(Cc1cnc(S(C)(=O)=O)n1CC1CCCO1)C1CCCCC1. The first kappa shape index (κ1) is 17.9. The molecule has 1 saturated carbocycles. The van der Waals surface area contributed by atoms with Gasteiger partial charge in [0.05, 0.1) is 24.5 Å². The lowest BCUT2D eigenvalue weighted by Gasteiger charge is -2.31. The van der Waals surface area contributed by atoms with E-state index in [4.69, 9.17) is 4.74 Å². The highest BCUT2D eigenvalue weighted by Gasteiger charge is 2.25. The number of imidazole rings is 1. The van der Waals surface area contributed by atoms with E-state index in [9.17, 15) is 8.42 Å². The van der Waals surface area contributed by atoms with Gasteiger partial charge in [-0.1, -0.05) is 19.3 Å². The maximum atomic E-state index is 12.1. The van der Waals surface area contributed by atoms with Crippen molar-refractivity contribution < 1.29 is 13.2 Å².